The van der Waals surface area contributed by atoms with Gasteiger partial charge in [-0.1, -0.05) is 0 Å². The van der Waals surface area contributed by atoms with Crippen molar-refractivity contribution in [1.29, 1.82) is 0 Å². The van der Waals surface area contributed by atoms with Crippen LogP contribution in [0.2, 0.25) is 0 Å². The van der Waals surface area contributed by atoms with E-state index in [4.69, 9.17) is 9.47 Å². The van der Waals surface area contributed by atoms with E-state index < -0.39 is 5.60 Å². The van der Waals surface area contributed by atoms with E-state index in [2.05, 4.69) is 5.10 Å². The number of rotatable bonds is 3. The molecule has 2 rings (SSSR count). The Morgan fingerprint density at radius 3 is 2.82 bits per heavy atom. The molecule has 0 aliphatic carbocycles. The van der Waals surface area contributed by atoms with Gasteiger partial charge >= 0.3 is 0 Å². The predicted molar refractivity (Wildman–Crippen MR) is 63.1 cm³/mol. The maximum atomic E-state index is 10.8. The summed E-state index contributed by atoms with van der Waals surface area (Å²) >= 11 is 0. The second-order valence-electron chi connectivity index (χ2n) is 4.79. The summed E-state index contributed by atoms with van der Waals surface area (Å²) in [7, 11) is 1.59. The summed E-state index contributed by atoms with van der Waals surface area (Å²) in [6.07, 6.45) is 1.98. The predicted octanol–water partition coefficient (Wildman–Crippen LogP) is 1.47. The van der Waals surface area contributed by atoms with Gasteiger partial charge in [-0.2, -0.15) is 5.10 Å². The number of hydrogen-bond donors (Lipinski definition) is 1. The molecule has 0 aromatic carbocycles. The second kappa shape index (κ2) is 4.31. The lowest BCUT2D eigenvalue weighted by atomic mass is 9.91. The Hall–Kier alpha value is -1.07. The molecule has 1 aliphatic rings. The van der Waals surface area contributed by atoms with Crippen LogP contribution in [0, 0.1) is 0 Å². The molecule has 1 aromatic heterocycles. The van der Waals surface area contributed by atoms with Crippen molar-refractivity contribution < 1.29 is 14.6 Å². The Morgan fingerprint density at radius 1 is 1.65 bits per heavy atom. The van der Waals surface area contributed by atoms with E-state index in [1.54, 1.807) is 13.3 Å². The minimum absolute atomic E-state index is 0.172. The van der Waals surface area contributed by atoms with Gasteiger partial charge in [0.05, 0.1) is 26.0 Å². The Kier molecular flexibility index (Phi) is 3.14. The number of nitrogens with zero attached hydrogens (tertiary/aromatic N) is 2. The summed E-state index contributed by atoms with van der Waals surface area (Å²) in [5.74, 6) is 0.624. The van der Waals surface area contributed by atoms with Crippen molar-refractivity contribution in [2.75, 3.05) is 13.7 Å². The maximum absolute atomic E-state index is 10.8. The van der Waals surface area contributed by atoms with Gasteiger partial charge in [0, 0.05) is 12.5 Å². The van der Waals surface area contributed by atoms with Gasteiger partial charge in [-0.25, -0.2) is 0 Å². The normalized spacial score (nSPS) is 28.9. The number of methoxy groups -OCH3 is 1. The first-order valence-corrected chi connectivity index (χ1v) is 5.96. The lowest BCUT2D eigenvalue weighted by molar-refractivity contribution is -0.0397. The molecule has 1 saturated heterocycles. The van der Waals surface area contributed by atoms with Crippen LogP contribution in [0.4, 0.5) is 0 Å². The Labute approximate surface area is 101 Å². The van der Waals surface area contributed by atoms with Crippen LogP contribution in [-0.4, -0.2) is 34.7 Å². The third-order valence-electron chi connectivity index (χ3n) is 3.40. The summed E-state index contributed by atoms with van der Waals surface area (Å²) in [6, 6.07) is 0.172. The molecule has 1 fully saturated rings. The van der Waals surface area contributed by atoms with Gasteiger partial charge in [0.25, 0.3) is 0 Å². The summed E-state index contributed by atoms with van der Waals surface area (Å²) in [5, 5.41) is 15.1. The molecule has 17 heavy (non-hydrogen) atoms. The molecule has 2 heterocycles. The largest absolute Gasteiger partial charge is 0.493 e. The molecule has 0 bridgehead atoms. The van der Waals surface area contributed by atoms with Crippen LogP contribution in [0.5, 0.6) is 5.75 Å². The molecule has 2 unspecified atom stereocenters. The zero-order chi connectivity index (χ0) is 12.6. The van der Waals surface area contributed by atoms with Crippen molar-refractivity contribution in [2.24, 2.45) is 0 Å². The number of aromatic nitrogens is 2. The Balaban J connectivity index is 2.52. The highest BCUT2D eigenvalue weighted by atomic mass is 16.5. The van der Waals surface area contributed by atoms with Crippen LogP contribution < -0.4 is 4.74 Å². The van der Waals surface area contributed by atoms with Gasteiger partial charge in [0.15, 0.2) is 5.75 Å². The highest BCUT2D eigenvalue weighted by Gasteiger charge is 2.46. The van der Waals surface area contributed by atoms with Gasteiger partial charge in [-0.15, -0.1) is 0 Å². The van der Waals surface area contributed by atoms with Crippen molar-refractivity contribution in [3.05, 3.63) is 11.9 Å². The topological polar surface area (TPSA) is 56.5 Å². The molecule has 1 aliphatic heterocycles. The molecular weight excluding hydrogens is 220 g/mol. The molecule has 5 heteroatoms. The van der Waals surface area contributed by atoms with Gasteiger partial charge < -0.3 is 14.6 Å². The summed E-state index contributed by atoms with van der Waals surface area (Å²) in [5.41, 5.74) is -0.286. The maximum Gasteiger partial charge on any atom is 0.163 e. The lowest BCUT2D eigenvalue weighted by Crippen LogP contribution is -2.36. The molecule has 96 valence electrons. The molecule has 1 aromatic rings. The van der Waals surface area contributed by atoms with Gasteiger partial charge in [-0.3, -0.25) is 4.68 Å². The van der Waals surface area contributed by atoms with E-state index in [1.807, 2.05) is 25.5 Å². The number of hydrogen-bond acceptors (Lipinski definition) is 4. The van der Waals surface area contributed by atoms with Crippen LogP contribution in [0.15, 0.2) is 6.20 Å². The van der Waals surface area contributed by atoms with E-state index in [1.165, 1.54) is 0 Å². The van der Waals surface area contributed by atoms with Crippen LogP contribution >= 0.6 is 0 Å². The van der Waals surface area contributed by atoms with Crippen LogP contribution in [0.25, 0.3) is 0 Å². The molecule has 0 radical (unpaired) electrons. The van der Waals surface area contributed by atoms with Gasteiger partial charge in [0.1, 0.15) is 11.3 Å². The highest BCUT2D eigenvalue weighted by molar-refractivity contribution is 5.33. The first-order chi connectivity index (χ1) is 8.00. The summed E-state index contributed by atoms with van der Waals surface area (Å²) < 4.78 is 12.6. The van der Waals surface area contributed by atoms with Crippen LogP contribution in [0.3, 0.4) is 0 Å². The van der Waals surface area contributed by atoms with Crippen molar-refractivity contribution in [3.8, 4) is 5.75 Å². The summed E-state index contributed by atoms with van der Waals surface area (Å²) in [4.78, 5) is 0. The smallest absolute Gasteiger partial charge is 0.163 e. The summed E-state index contributed by atoms with van der Waals surface area (Å²) in [6.45, 7) is 6.49. The molecule has 0 amide bonds. The molecule has 0 spiro atoms. The molecule has 1 N–H and O–H groups in total. The molecule has 5 nitrogen and oxygen atoms in total. The first kappa shape index (κ1) is 12.4. The first-order valence-electron chi connectivity index (χ1n) is 5.96. The number of ether oxygens (including phenoxy) is 2. The molecule has 0 saturated carbocycles. The van der Waals surface area contributed by atoms with Crippen molar-refractivity contribution in [3.63, 3.8) is 0 Å². The third-order valence-corrected chi connectivity index (χ3v) is 3.40. The van der Waals surface area contributed by atoms with E-state index in [-0.39, 0.29) is 12.1 Å². The van der Waals surface area contributed by atoms with Gasteiger partial charge in [-0.05, 0) is 20.8 Å². The quantitative estimate of drug-likeness (QED) is 0.869. The Bertz CT molecular complexity index is 402. The zero-order valence-electron chi connectivity index (χ0n) is 10.8. The van der Waals surface area contributed by atoms with Crippen molar-refractivity contribution in [2.45, 2.75) is 44.9 Å². The van der Waals surface area contributed by atoms with E-state index in [0.717, 1.165) is 5.69 Å². The van der Waals surface area contributed by atoms with E-state index in [9.17, 15) is 5.11 Å². The van der Waals surface area contributed by atoms with E-state index in [0.29, 0.717) is 18.8 Å². The zero-order valence-corrected chi connectivity index (χ0v) is 10.8. The fourth-order valence-corrected chi connectivity index (χ4v) is 2.34. The second-order valence-corrected chi connectivity index (χ2v) is 4.79. The average Bonchev–Trinajstić information content (AvgIpc) is 2.84. The number of aliphatic hydroxyl groups is 1. The minimum atomic E-state index is -1.01. The average molecular weight is 240 g/mol. The standard InChI is InChI=1S/C12H20N2O3/c1-8(2)14-11(10(16-4)7-13-14)12(15)5-6-17-9(12)3/h7-9,15H,5-6H2,1-4H3. The third kappa shape index (κ3) is 1.83. The monoisotopic (exact) mass is 240 g/mol. The highest BCUT2D eigenvalue weighted by Crippen LogP contribution is 2.41. The SMILES string of the molecule is COc1cnn(C(C)C)c1C1(O)CCOC1C. The fraction of sp³-hybridized carbons (Fsp3) is 0.750. The van der Waals surface area contributed by atoms with Crippen LogP contribution in [-0.2, 0) is 10.3 Å². The fourth-order valence-electron chi connectivity index (χ4n) is 2.34. The molecular formula is C12H20N2O3. The lowest BCUT2D eigenvalue weighted by Gasteiger charge is -2.28. The molecule has 2 atom stereocenters. The minimum Gasteiger partial charge on any atom is -0.493 e. The van der Waals surface area contributed by atoms with E-state index >= 15 is 0 Å². The van der Waals surface area contributed by atoms with Gasteiger partial charge in [0.2, 0.25) is 0 Å². The van der Waals surface area contributed by atoms with Crippen LogP contribution in [0.1, 0.15) is 38.9 Å². The van der Waals surface area contributed by atoms with Crippen molar-refractivity contribution >= 4 is 0 Å². The van der Waals surface area contributed by atoms with Crippen molar-refractivity contribution in [1.82, 2.24) is 9.78 Å². The Morgan fingerprint density at radius 2 is 2.35 bits per heavy atom.